The first-order chi connectivity index (χ1) is 12.1. The standard InChI is InChI=1S/C15H24O11.Na/c1-5(17)2-6-3-7(18)8(4-16)24-15(6)26-11-9(19)10(20)14(23)25-12(11)13(21)22;/h6-12,14-16,18-20,23H,2-4H2,1H3,(H,21,22);/q;+1/p-1/t6-,7+,8-,9-,10-,11+,12+,14-,15?;/m1./s1. The predicted molar refractivity (Wildman–Crippen MR) is 77.9 cm³/mol. The van der Waals surface area contributed by atoms with Crippen LogP contribution in [-0.2, 0) is 23.8 Å². The van der Waals surface area contributed by atoms with Gasteiger partial charge >= 0.3 is 29.6 Å². The summed E-state index contributed by atoms with van der Waals surface area (Å²) in [7, 11) is 0. The van der Waals surface area contributed by atoms with E-state index in [0.29, 0.717) is 0 Å². The molecule has 27 heavy (non-hydrogen) atoms. The molecule has 0 amide bonds. The van der Waals surface area contributed by atoms with Crippen molar-refractivity contribution in [2.24, 2.45) is 5.92 Å². The molecule has 2 fully saturated rings. The summed E-state index contributed by atoms with van der Waals surface area (Å²) in [4.78, 5) is 22.7. The number of hydrogen-bond donors (Lipinski definition) is 5. The third kappa shape index (κ3) is 5.90. The van der Waals surface area contributed by atoms with Gasteiger partial charge in [-0.1, -0.05) is 0 Å². The van der Waals surface area contributed by atoms with Gasteiger partial charge in [0.15, 0.2) is 12.6 Å². The van der Waals surface area contributed by atoms with Gasteiger partial charge in [-0.25, -0.2) is 0 Å². The van der Waals surface area contributed by atoms with E-state index in [2.05, 4.69) is 0 Å². The van der Waals surface area contributed by atoms with Crippen molar-refractivity contribution in [1.29, 1.82) is 0 Å². The maximum atomic E-state index is 11.4. The molecule has 150 valence electrons. The molecule has 0 spiro atoms. The van der Waals surface area contributed by atoms with Crippen molar-refractivity contribution in [2.75, 3.05) is 6.61 Å². The Morgan fingerprint density at radius 3 is 2.30 bits per heavy atom. The van der Waals surface area contributed by atoms with Gasteiger partial charge in [0.1, 0.15) is 36.3 Å². The number of aliphatic hydroxyl groups excluding tert-OH is 5. The van der Waals surface area contributed by atoms with Gasteiger partial charge in [0.05, 0.1) is 18.7 Å². The first-order valence-electron chi connectivity index (χ1n) is 8.15. The molecule has 0 aliphatic carbocycles. The summed E-state index contributed by atoms with van der Waals surface area (Å²) in [6, 6.07) is 0. The van der Waals surface area contributed by atoms with Gasteiger partial charge in [-0.2, -0.15) is 0 Å². The van der Waals surface area contributed by atoms with Crippen LogP contribution in [0.15, 0.2) is 0 Å². The normalized spacial score (nSPS) is 42.2. The van der Waals surface area contributed by atoms with E-state index in [1.165, 1.54) is 6.92 Å². The van der Waals surface area contributed by atoms with E-state index in [9.17, 15) is 40.2 Å². The number of aliphatic hydroxyl groups is 5. The zero-order valence-corrected chi connectivity index (χ0v) is 17.0. The molecule has 0 aromatic rings. The number of carbonyl (C=O) groups is 2. The number of hydrogen-bond acceptors (Lipinski definition) is 11. The van der Waals surface area contributed by atoms with E-state index in [-0.39, 0.29) is 48.2 Å². The van der Waals surface area contributed by atoms with Crippen LogP contribution < -0.4 is 34.7 Å². The maximum Gasteiger partial charge on any atom is 1.00 e. The Labute approximate surface area is 177 Å². The summed E-state index contributed by atoms with van der Waals surface area (Å²) >= 11 is 0. The zero-order chi connectivity index (χ0) is 19.6. The van der Waals surface area contributed by atoms with Crippen molar-refractivity contribution in [2.45, 2.75) is 69.0 Å². The molecule has 2 heterocycles. The fourth-order valence-corrected chi connectivity index (χ4v) is 3.15. The van der Waals surface area contributed by atoms with Gasteiger partial charge in [-0.05, 0) is 13.3 Å². The molecular formula is C15H23NaO11. The van der Waals surface area contributed by atoms with Crippen molar-refractivity contribution >= 4 is 11.8 Å². The second-order valence-electron chi connectivity index (χ2n) is 6.54. The second-order valence-corrected chi connectivity index (χ2v) is 6.54. The monoisotopic (exact) mass is 402 g/mol. The van der Waals surface area contributed by atoms with Gasteiger partial charge in [-0.15, -0.1) is 0 Å². The molecular weight excluding hydrogens is 379 g/mol. The third-order valence-electron chi connectivity index (χ3n) is 4.48. The molecule has 0 bridgehead atoms. The average molecular weight is 402 g/mol. The van der Waals surface area contributed by atoms with E-state index in [1.54, 1.807) is 0 Å². The molecule has 2 aliphatic heterocycles. The van der Waals surface area contributed by atoms with Crippen molar-refractivity contribution in [1.82, 2.24) is 0 Å². The Hall–Kier alpha value is -0.180. The van der Waals surface area contributed by atoms with Crippen LogP contribution >= 0.6 is 0 Å². The SMILES string of the molecule is CC(=O)C[C@@H]1C[C@H](O)[C@@H](CO)OC1O[C@H]1[C@H](O)[C@@H](O)[C@H](O)O[C@@H]1C(=O)[O-].[Na+]. The van der Waals surface area contributed by atoms with Crippen LogP contribution in [0.25, 0.3) is 0 Å². The van der Waals surface area contributed by atoms with Crippen LogP contribution in [0.3, 0.4) is 0 Å². The number of carboxylic acids is 1. The van der Waals surface area contributed by atoms with Gasteiger partial charge < -0.3 is 54.4 Å². The third-order valence-corrected chi connectivity index (χ3v) is 4.48. The minimum Gasteiger partial charge on any atom is -0.547 e. The maximum absolute atomic E-state index is 11.4. The molecule has 0 aromatic carbocycles. The molecule has 0 aromatic heterocycles. The van der Waals surface area contributed by atoms with Crippen molar-refractivity contribution in [3.05, 3.63) is 0 Å². The number of carboxylic acid groups (broad SMARTS) is 1. The van der Waals surface area contributed by atoms with Crippen LogP contribution in [-0.4, -0.2) is 93.1 Å². The quantitative estimate of drug-likeness (QED) is 0.266. The topological polar surface area (TPSA) is 186 Å². The molecule has 12 heteroatoms. The van der Waals surface area contributed by atoms with Gasteiger partial charge in [0.25, 0.3) is 0 Å². The Morgan fingerprint density at radius 2 is 1.78 bits per heavy atom. The smallest absolute Gasteiger partial charge is 0.547 e. The van der Waals surface area contributed by atoms with Crippen LogP contribution in [0.4, 0.5) is 0 Å². The molecule has 2 aliphatic rings. The summed E-state index contributed by atoms with van der Waals surface area (Å²) in [5, 5.41) is 59.7. The van der Waals surface area contributed by atoms with E-state index < -0.39 is 67.7 Å². The minimum atomic E-state index is -1.96. The molecule has 0 radical (unpaired) electrons. The van der Waals surface area contributed by atoms with Crippen LogP contribution in [0.1, 0.15) is 19.8 Å². The van der Waals surface area contributed by atoms with Crippen LogP contribution in [0.2, 0.25) is 0 Å². The van der Waals surface area contributed by atoms with Gasteiger partial charge in [-0.3, -0.25) is 0 Å². The summed E-state index contributed by atoms with van der Waals surface area (Å²) in [5.41, 5.74) is 0. The first-order valence-corrected chi connectivity index (χ1v) is 8.15. The Morgan fingerprint density at radius 1 is 1.15 bits per heavy atom. The molecule has 11 nitrogen and oxygen atoms in total. The second kappa shape index (κ2) is 10.6. The number of rotatable bonds is 6. The Bertz CT molecular complexity index is 518. The molecule has 2 rings (SSSR count). The average Bonchev–Trinajstić information content (AvgIpc) is 2.56. The number of aliphatic carboxylic acids is 1. The Kier molecular flexibility index (Phi) is 9.72. The molecule has 5 N–H and O–H groups in total. The number of Topliss-reactive ketones (excluding diaryl/α,β-unsaturated/α-hetero) is 1. The van der Waals surface area contributed by atoms with Crippen LogP contribution in [0.5, 0.6) is 0 Å². The molecule has 2 saturated heterocycles. The van der Waals surface area contributed by atoms with Crippen molar-refractivity contribution in [3.63, 3.8) is 0 Å². The van der Waals surface area contributed by atoms with Crippen molar-refractivity contribution in [3.8, 4) is 0 Å². The van der Waals surface area contributed by atoms with Crippen molar-refractivity contribution < 1.29 is 84.0 Å². The minimum absolute atomic E-state index is 0. The molecule has 1 unspecified atom stereocenters. The fourth-order valence-electron chi connectivity index (χ4n) is 3.15. The Balaban J connectivity index is 0.00000364. The zero-order valence-electron chi connectivity index (χ0n) is 15.0. The first kappa shape index (κ1) is 24.9. The molecule has 0 saturated carbocycles. The number of ketones is 1. The summed E-state index contributed by atoms with van der Waals surface area (Å²) in [5.74, 6) is -2.73. The summed E-state index contributed by atoms with van der Waals surface area (Å²) in [6.45, 7) is 0.757. The predicted octanol–water partition coefficient (Wildman–Crippen LogP) is -7.37. The van der Waals surface area contributed by atoms with E-state index in [0.717, 1.165) is 0 Å². The fraction of sp³-hybridized carbons (Fsp3) is 0.867. The van der Waals surface area contributed by atoms with Gasteiger partial charge in [0.2, 0.25) is 0 Å². The number of ether oxygens (including phenoxy) is 3. The van der Waals surface area contributed by atoms with E-state index >= 15 is 0 Å². The molecule has 9 atom stereocenters. The van der Waals surface area contributed by atoms with Gasteiger partial charge in [0, 0.05) is 12.3 Å². The van der Waals surface area contributed by atoms with E-state index in [1.807, 2.05) is 0 Å². The summed E-state index contributed by atoms with van der Waals surface area (Å²) < 4.78 is 15.6. The van der Waals surface area contributed by atoms with E-state index in [4.69, 9.17) is 14.2 Å². The van der Waals surface area contributed by atoms with Crippen LogP contribution in [0, 0.1) is 5.92 Å². The largest absolute Gasteiger partial charge is 1.00 e. The number of carbonyl (C=O) groups excluding carboxylic acids is 2. The summed E-state index contributed by atoms with van der Waals surface area (Å²) in [6.07, 6.45) is -12.6.